The molecule has 26 heavy (non-hydrogen) atoms. The molecule has 0 atom stereocenters. The van der Waals surface area contributed by atoms with Gasteiger partial charge in [-0.3, -0.25) is 4.79 Å². The fraction of sp³-hybridized carbons (Fsp3) is 0.158. The summed E-state index contributed by atoms with van der Waals surface area (Å²) in [6, 6.07) is 14.9. The summed E-state index contributed by atoms with van der Waals surface area (Å²) < 4.78 is 1.35. The number of hydrogen-bond donors (Lipinski definition) is 2. The first-order valence-electron chi connectivity index (χ1n) is 8.19. The van der Waals surface area contributed by atoms with Crippen molar-refractivity contribution in [1.82, 2.24) is 15.0 Å². The van der Waals surface area contributed by atoms with Crippen LogP contribution in [0.4, 0.5) is 5.69 Å². The van der Waals surface area contributed by atoms with Crippen molar-refractivity contribution in [3.63, 3.8) is 0 Å². The number of carbonyl (C=O) groups is 2. The molecule has 0 aliphatic rings. The van der Waals surface area contributed by atoms with Crippen LogP contribution in [0.15, 0.2) is 54.7 Å². The maximum atomic E-state index is 12.3. The van der Waals surface area contributed by atoms with Gasteiger partial charge >= 0.3 is 5.97 Å². The molecule has 3 rings (SSSR count). The summed E-state index contributed by atoms with van der Waals surface area (Å²) in [5.41, 5.74) is 3.24. The van der Waals surface area contributed by atoms with Gasteiger partial charge in [0.15, 0.2) is 5.69 Å². The first kappa shape index (κ1) is 17.3. The summed E-state index contributed by atoms with van der Waals surface area (Å²) in [6.45, 7) is 2.09. The predicted octanol–water partition coefficient (Wildman–Crippen LogP) is 2.71. The Bertz CT molecular complexity index is 932. The average molecular weight is 350 g/mol. The highest BCUT2D eigenvalue weighted by atomic mass is 16.4. The van der Waals surface area contributed by atoms with Gasteiger partial charge in [0.2, 0.25) is 5.91 Å². The molecule has 0 radical (unpaired) electrons. The van der Waals surface area contributed by atoms with Crippen LogP contribution in [0.1, 0.15) is 28.5 Å². The van der Waals surface area contributed by atoms with Crippen molar-refractivity contribution in [2.45, 2.75) is 19.8 Å². The van der Waals surface area contributed by atoms with Gasteiger partial charge in [0.05, 0.1) is 18.3 Å². The van der Waals surface area contributed by atoms with Gasteiger partial charge in [0.25, 0.3) is 0 Å². The monoisotopic (exact) mass is 350 g/mol. The van der Waals surface area contributed by atoms with Crippen LogP contribution in [0.3, 0.4) is 0 Å². The second kappa shape index (κ2) is 7.60. The summed E-state index contributed by atoms with van der Waals surface area (Å²) in [7, 11) is 0. The number of aryl methyl sites for hydroxylation is 1. The number of carbonyl (C=O) groups excluding carboxylic acids is 1. The van der Waals surface area contributed by atoms with Crippen molar-refractivity contribution in [2.24, 2.45) is 0 Å². The third kappa shape index (κ3) is 4.13. The first-order valence-corrected chi connectivity index (χ1v) is 8.19. The lowest BCUT2D eigenvalue weighted by molar-refractivity contribution is -0.115. The highest BCUT2D eigenvalue weighted by Gasteiger charge is 2.10. The van der Waals surface area contributed by atoms with Crippen molar-refractivity contribution >= 4 is 17.6 Å². The minimum absolute atomic E-state index is 0.129. The van der Waals surface area contributed by atoms with E-state index in [0.29, 0.717) is 11.4 Å². The average Bonchev–Trinajstić information content (AvgIpc) is 3.13. The van der Waals surface area contributed by atoms with Crippen LogP contribution < -0.4 is 5.32 Å². The smallest absolute Gasteiger partial charge is 0.358 e. The Balaban J connectivity index is 1.69. The largest absolute Gasteiger partial charge is 0.476 e. The molecule has 3 aromatic rings. The molecule has 0 aliphatic carbocycles. The third-order valence-electron chi connectivity index (χ3n) is 3.90. The molecule has 1 aromatic heterocycles. The lowest BCUT2D eigenvalue weighted by Gasteiger charge is -2.08. The molecule has 0 fully saturated rings. The quantitative estimate of drug-likeness (QED) is 0.712. The number of amides is 1. The normalized spacial score (nSPS) is 10.5. The Morgan fingerprint density at radius 2 is 1.85 bits per heavy atom. The highest BCUT2D eigenvalue weighted by molar-refractivity contribution is 5.92. The van der Waals surface area contributed by atoms with E-state index in [1.807, 2.05) is 24.3 Å². The number of aromatic nitrogens is 3. The SMILES string of the molecule is CCc1ccc(CC(=O)Nc2cccc(-n3cc(C(=O)O)nn3)c2)cc1. The van der Waals surface area contributed by atoms with Gasteiger partial charge in [0, 0.05) is 5.69 Å². The fourth-order valence-electron chi connectivity index (χ4n) is 2.50. The maximum Gasteiger partial charge on any atom is 0.358 e. The number of aromatic carboxylic acids is 1. The number of nitrogens with one attached hydrogen (secondary N) is 1. The number of hydrogen-bond acceptors (Lipinski definition) is 4. The fourth-order valence-corrected chi connectivity index (χ4v) is 2.50. The molecule has 0 saturated heterocycles. The predicted molar refractivity (Wildman–Crippen MR) is 96.5 cm³/mol. The van der Waals surface area contributed by atoms with E-state index >= 15 is 0 Å². The first-order chi connectivity index (χ1) is 12.5. The zero-order valence-electron chi connectivity index (χ0n) is 14.2. The van der Waals surface area contributed by atoms with E-state index in [0.717, 1.165) is 12.0 Å². The molecule has 0 saturated carbocycles. The molecular formula is C19H18N4O3. The van der Waals surface area contributed by atoms with Gasteiger partial charge in [-0.15, -0.1) is 5.10 Å². The molecule has 132 valence electrons. The Morgan fingerprint density at radius 1 is 1.12 bits per heavy atom. The Kier molecular flexibility index (Phi) is 5.07. The van der Waals surface area contributed by atoms with E-state index < -0.39 is 5.97 Å². The van der Waals surface area contributed by atoms with Crippen LogP contribution in [-0.4, -0.2) is 32.0 Å². The van der Waals surface area contributed by atoms with E-state index in [1.54, 1.807) is 24.3 Å². The van der Waals surface area contributed by atoms with Crippen molar-refractivity contribution < 1.29 is 14.7 Å². The molecule has 0 spiro atoms. The van der Waals surface area contributed by atoms with Crippen LogP contribution >= 0.6 is 0 Å². The van der Waals surface area contributed by atoms with Gasteiger partial charge in [-0.2, -0.15) is 0 Å². The highest BCUT2D eigenvalue weighted by Crippen LogP contribution is 2.15. The van der Waals surface area contributed by atoms with Crippen LogP contribution in [-0.2, 0) is 17.6 Å². The van der Waals surface area contributed by atoms with Gasteiger partial charge in [-0.05, 0) is 35.7 Å². The summed E-state index contributed by atoms with van der Waals surface area (Å²) >= 11 is 0. The van der Waals surface area contributed by atoms with E-state index in [2.05, 4.69) is 22.6 Å². The molecule has 1 amide bonds. The lowest BCUT2D eigenvalue weighted by Crippen LogP contribution is -2.14. The molecule has 7 nitrogen and oxygen atoms in total. The van der Waals surface area contributed by atoms with Gasteiger partial charge in [-0.1, -0.05) is 42.5 Å². The molecule has 1 heterocycles. The molecule has 0 aliphatic heterocycles. The number of anilines is 1. The number of carboxylic acids is 1. The van der Waals surface area contributed by atoms with Crippen LogP contribution in [0.2, 0.25) is 0 Å². The summed E-state index contributed by atoms with van der Waals surface area (Å²) in [5.74, 6) is -1.27. The number of benzene rings is 2. The molecular weight excluding hydrogens is 332 g/mol. The minimum Gasteiger partial charge on any atom is -0.476 e. The Labute approximate surface area is 150 Å². The lowest BCUT2D eigenvalue weighted by atomic mass is 10.1. The van der Waals surface area contributed by atoms with Gasteiger partial charge < -0.3 is 10.4 Å². The maximum absolute atomic E-state index is 12.3. The van der Waals surface area contributed by atoms with Crippen molar-refractivity contribution in [3.8, 4) is 5.69 Å². The van der Waals surface area contributed by atoms with E-state index in [4.69, 9.17) is 5.11 Å². The summed E-state index contributed by atoms with van der Waals surface area (Å²) in [6.07, 6.45) is 2.56. The van der Waals surface area contributed by atoms with Crippen molar-refractivity contribution in [3.05, 3.63) is 71.5 Å². The Hall–Kier alpha value is -3.48. The van der Waals surface area contributed by atoms with Crippen LogP contribution in [0.5, 0.6) is 0 Å². The minimum atomic E-state index is -1.14. The van der Waals surface area contributed by atoms with Crippen molar-refractivity contribution in [1.29, 1.82) is 0 Å². The zero-order valence-corrected chi connectivity index (χ0v) is 14.2. The molecule has 2 aromatic carbocycles. The van der Waals surface area contributed by atoms with E-state index in [-0.39, 0.29) is 18.0 Å². The van der Waals surface area contributed by atoms with Gasteiger partial charge in [-0.25, -0.2) is 9.48 Å². The van der Waals surface area contributed by atoms with E-state index in [9.17, 15) is 9.59 Å². The van der Waals surface area contributed by atoms with Gasteiger partial charge in [0.1, 0.15) is 0 Å². The molecule has 0 unspecified atom stereocenters. The molecule has 0 bridgehead atoms. The second-order valence-corrected chi connectivity index (χ2v) is 5.80. The number of carboxylic acid groups (broad SMARTS) is 1. The molecule has 2 N–H and O–H groups in total. The number of rotatable bonds is 6. The van der Waals surface area contributed by atoms with Crippen LogP contribution in [0.25, 0.3) is 5.69 Å². The van der Waals surface area contributed by atoms with E-state index in [1.165, 1.54) is 16.4 Å². The topological polar surface area (TPSA) is 97.1 Å². The summed E-state index contributed by atoms with van der Waals surface area (Å²) in [4.78, 5) is 23.2. The Morgan fingerprint density at radius 3 is 2.50 bits per heavy atom. The van der Waals surface area contributed by atoms with Crippen molar-refractivity contribution in [2.75, 3.05) is 5.32 Å². The number of nitrogens with zero attached hydrogens (tertiary/aromatic N) is 3. The second-order valence-electron chi connectivity index (χ2n) is 5.80. The molecule has 7 heteroatoms. The third-order valence-corrected chi connectivity index (χ3v) is 3.90. The zero-order chi connectivity index (χ0) is 18.5. The van der Waals surface area contributed by atoms with Crippen LogP contribution in [0, 0.1) is 0 Å². The summed E-state index contributed by atoms with van der Waals surface area (Å²) in [5, 5.41) is 19.1. The standard InChI is InChI=1S/C19H18N4O3/c1-2-13-6-8-14(9-7-13)10-18(24)20-15-4-3-5-16(11-15)23-12-17(19(25)26)21-22-23/h3-9,11-12H,2,10H2,1H3,(H,20,24)(H,25,26).